The molecule has 0 aliphatic heterocycles. The minimum atomic E-state index is 0.619. The Morgan fingerprint density at radius 1 is 0.281 bits per heavy atom. The quantitative estimate of drug-likeness (QED) is 0.159. The van der Waals surface area contributed by atoms with E-state index in [1.54, 1.807) is 0 Å². The van der Waals surface area contributed by atoms with E-state index >= 15 is 0 Å². The lowest BCUT2D eigenvalue weighted by atomic mass is 9.94. The molecule has 0 aliphatic carbocycles. The minimum absolute atomic E-state index is 0.619. The molecule has 0 saturated heterocycles. The SMILES string of the molecule is c1ccc(-c2cccc(-c3nc(-c4ccccc4)nc(-c4cccc(-c5ccc6c(c5)nc(-c5ccccc5)c5ccc7sc8ccccc8c7c56)c4)n3)c2)cc1. The molecular formula is C52H32N4S. The summed E-state index contributed by atoms with van der Waals surface area (Å²) in [7, 11) is 0. The summed E-state index contributed by atoms with van der Waals surface area (Å²) in [6.07, 6.45) is 0. The number of fused-ring (bicyclic) bond motifs is 7. The Morgan fingerprint density at radius 3 is 1.47 bits per heavy atom. The van der Waals surface area contributed by atoms with Crippen molar-refractivity contribution in [1.82, 2.24) is 19.9 Å². The average Bonchev–Trinajstić information content (AvgIpc) is 3.68. The van der Waals surface area contributed by atoms with Crippen LogP contribution in [0.15, 0.2) is 194 Å². The van der Waals surface area contributed by atoms with Crippen LogP contribution in [0.5, 0.6) is 0 Å². The molecule has 0 unspecified atom stereocenters. The van der Waals surface area contributed by atoms with Crippen LogP contribution >= 0.6 is 11.3 Å². The highest BCUT2D eigenvalue weighted by atomic mass is 32.1. The summed E-state index contributed by atoms with van der Waals surface area (Å²) >= 11 is 1.85. The van der Waals surface area contributed by atoms with Gasteiger partial charge in [-0.05, 0) is 52.6 Å². The van der Waals surface area contributed by atoms with E-state index < -0.39 is 0 Å². The van der Waals surface area contributed by atoms with Crippen molar-refractivity contribution in [3.8, 4) is 67.7 Å². The molecule has 5 heteroatoms. The van der Waals surface area contributed by atoms with Crippen molar-refractivity contribution in [1.29, 1.82) is 0 Å². The Morgan fingerprint density at radius 2 is 0.789 bits per heavy atom. The molecule has 0 saturated carbocycles. The molecule has 3 aromatic heterocycles. The van der Waals surface area contributed by atoms with Gasteiger partial charge in [0.2, 0.25) is 0 Å². The first-order valence-electron chi connectivity index (χ1n) is 19.0. The molecule has 0 amide bonds. The Kier molecular flexibility index (Phi) is 7.97. The summed E-state index contributed by atoms with van der Waals surface area (Å²) in [6, 6.07) is 67.9. The summed E-state index contributed by atoms with van der Waals surface area (Å²) < 4.78 is 2.57. The molecule has 0 atom stereocenters. The molecule has 57 heavy (non-hydrogen) atoms. The van der Waals surface area contributed by atoms with Crippen molar-refractivity contribution in [2.75, 3.05) is 0 Å². The van der Waals surface area contributed by atoms with Gasteiger partial charge in [0.1, 0.15) is 0 Å². The largest absolute Gasteiger partial charge is 0.247 e. The van der Waals surface area contributed by atoms with Crippen molar-refractivity contribution < 1.29 is 0 Å². The normalized spacial score (nSPS) is 11.5. The second-order valence-electron chi connectivity index (χ2n) is 14.2. The first kappa shape index (κ1) is 33.0. The van der Waals surface area contributed by atoms with Crippen LogP contribution in [0.4, 0.5) is 0 Å². The maximum atomic E-state index is 5.40. The molecule has 266 valence electrons. The monoisotopic (exact) mass is 744 g/mol. The van der Waals surface area contributed by atoms with Crippen molar-refractivity contribution in [3.63, 3.8) is 0 Å². The van der Waals surface area contributed by atoms with Crippen molar-refractivity contribution >= 4 is 53.2 Å². The fourth-order valence-corrected chi connectivity index (χ4v) is 9.08. The van der Waals surface area contributed by atoms with Gasteiger partial charge in [-0.3, -0.25) is 0 Å². The predicted octanol–water partition coefficient (Wildman–Crippen LogP) is 13.9. The van der Waals surface area contributed by atoms with E-state index in [2.05, 4.69) is 158 Å². The second kappa shape index (κ2) is 13.7. The standard InChI is InChI=1S/C52H32N4S/c1-4-14-33(15-5-1)36-20-12-22-39(30-36)51-54-50(35-18-8-3-9-19-35)55-52(56-51)40-23-13-21-37(31-40)38-26-27-41-44(32-38)53-49(34-16-6-2-7-17-34)43-28-29-46-48(47(41)43)42-24-10-11-25-45(42)57-46/h1-32H. The minimum Gasteiger partial charge on any atom is -0.247 e. The first-order chi connectivity index (χ1) is 28.2. The molecular weight excluding hydrogens is 713 g/mol. The maximum Gasteiger partial charge on any atom is 0.164 e. The Balaban J connectivity index is 1.07. The molecule has 3 heterocycles. The Bertz CT molecular complexity index is 3290. The van der Waals surface area contributed by atoms with E-state index in [-0.39, 0.29) is 0 Å². The number of pyridine rings is 1. The number of aromatic nitrogens is 4. The molecule has 4 nitrogen and oxygen atoms in total. The van der Waals surface area contributed by atoms with Crippen LogP contribution in [-0.2, 0) is 0 Å². The van der Waals surface area contributed by atoms with Crippen LogP contribution in [0.2, 0.25) is 0 Å². The molecule has 0 bridgehead atoms. The number of nitrogens with zero attached hydrogens (tertiary/aromatic N) is 4. The zero-order valence-electron chi connectivity index (χ0n) is 30.7. The van der Waals surface area contributed by atoms with Gasteiger partial charge in [0.15, 0.2) is 17.5 Å². The van der Waals surface area contributed by atoms with E-state index in [0.29, 0.717) is 17.5 Å². The van der Waals surface area contributed by atoms with Gasteiger partial charge in [-0.1, -0.05) is 164 Å². The Labute approximate surface area is 333 Å². The van der Waals surface area contributed by atoms with Gasteiger partial charge >= 0.3 is 0 Å². The summed E-state index contributed by atoms with van der Waals surface area (Å²) in [5.41, 5.74) is 10.2. The van der Waals surface area contributed by atoms with Crippen LogP contribution in [-0.4, -0.2) is 19.9 Å². The van der Waals surface area contributed by atoms with Crippen LogP contribution < -0.4 is 0 Å². The van der Waals surface area contributed by atoms with E-state index in [4.69, 9.17) is 19.9 Å². The van der Waals surface area contributed by atoms with E-state index in [1.165, 1.54) is 25.6 Å². The highest BCUT2D eigenvalue weighted by Gasteiger charge is 2.18. The number of hydrogen-bond acceptors (Lipinski definition) is 5. The van der Waals surface area contributed by atoms with Gasteiger partial charge in [-0.15, -0.1) is 11.3 Å². The van der Waals surface area contributed by atoms with Gasteiger partial charge in [0, 0.05) is 58.6 Å². The summed E-state index contributed by atoms with van der Waals surface area (Å²) in [6.45, 7) is 0. The lowest BCUT2D eigenvalue weighted by molar-refractivity contribution is 1.07. The highest BCUT2D eigenvalue weighted by Crippen LogP contribution is 2.44. The molecule has 0 N–H and O–H groups in total. The van der Waals surface area contributed by atoms with Gasteiger partial charge in [-0.25, -0.2) is 19.9 Å². The van der Waals surface area contributed by atoms with Gasteiger partial charge in [0.25, 0.3) is 0 Å². The third-order valence-corrected chi connectivity index (χ3v) is 11.8. The summed E-state index contributed by atoms with van der Waals surface area (Å²) in [5.74, 6) is 1.88. The molecule has 0 fully saturated rings. The first-order valence-corrected chi connectivity index (χ1v) is 19.9. The fourth-order valence-electron chi connectivity index (χ4n) is 7.96. The number of rotatable bonds is 6. The molecule has 11 rings (SSSR count). The third kappa shape index (κ3) is 5.93. The molecule has 0 aliphatic rings. The van der Waals surface area contributed by atoms with Crippen LogP contribution in [0.25, 0.3) is 110 Å². The van der Waals surface area contributed by atoms with Crippen LogP contribution in [0.1, 0.15) is 0 Å². The lowest BCUT2D eigenvalue weighted by Gasteiger charge is -2.13. The van der Waals surface area contributed by atoms with Gasteiger partial charge < -0.3 is 0 Å². The second-order valence-corrected chi connectivity index (χ2v) is 15.3. The Hall–Kier alpha value is -7.34. The highest BCUT2D eigenvalue weighted by molar-refractivity contribution is 7.26. The molecule has 0 radical (unpaired) electrons. The van der Waals surface area contributed by atoms with E-state index in [1.807, 2.05) is 47.7 Å². The van der Waals surface area contributed by atoms with Gasteiger partial charge in [0.05, 0.1) is 11.2 Å². The van der Waals surface area contributed by atoms with Crippen molar-refractivity contribution in [2.24, 2.45) is 0 Å². The van der Waals surface area contributed by atoms with Crippen LogP contribution in [0, 0.1) is 0 Å². The average molecular weight is 745 g/mol. The summed E-state index contributed by atoms with van der Waals surface area (Å²) in [5, 5.41) is 6.13. The van der Waals surface area contributed by atoms with Crippen LogP contribution in [0.3, 0.4) is 0 Å². The predicted molar refractivity (Wildman–Crippen MR) is 238 cm³/mol. The summed E-state index contributed by atoms with van der Waals surface area (Å²) in [4.78, 5) is 20.6. The van der Waals surface area contributed by atoms with Gasteiger partial charge in [-0.2, -0.15) is 0 Å². The number of benzene rings is 8. The van der Waals surface area contributed by atoms with E-state index in [0.717, 1.165) is 66.5 Å². The molecule has 0 spiro atoms. The third-order valence-electron chi connectivity index (χ3n) is 10.7. The topological polar surface area (TPSA) is 51.6 Å². The number of thiophene rings is 1. The number of hydrogen-bond donors (Lipinski definition) is 0. The van der Waals surface area contributed by atoms with Crippen molar-refractivity contribution in [3.05, 3.63) is 194 Å². The fraction of sp³-hybridized carbons (Fsp3) is 0. The zero-order chi connectivity index (χ0) is 37.7. The smallest absolute Gasteiger partial charge is 0.164 e. The lowest BCUT2D eigenvalue weighted by Crippen LogP contribution is -2.00. The molecule has 11 aromatic rings. The van der Waals surface area contributed by atoms with Crippen molar-refractivity contribution in [2.45, 2.75) is 0 Å². The zero-order valence-corrected chi connectivity index (χ0v) is 31.5. The van der Waals surface area contributed by atoms with E-state index in [9.17, 15) is 0 Å². The molecule has 8 aromatic carbocycles. The maximum absolute atomic E-state index is 5.40.